The fraction of sp³-hybridized carbons (Fsp3) is 0.333. The number of carbonyl (C=O) groups excluding carboxylic acids is 1. The summed E-state index contributed by atoms with van der Waals surface area (Å²) in [5, 5.41) is 6.51. The molecule has 0 radical (unpaired) electrons. The summed E-state index contributed by atoms with van der Waals surface area (Å²) in [5.41, 5.74) is 8.69. The first kappa shape index (κ1) is 21.1. The van der Waals surface area contributed by atoms with Gasteiger partial charge in [-0.1, -0.05) is 49.4 Å². The lowest BCUT2D eigenvalue weighted by atomic mass is 9.79. The van der Waals surface area contributed by atoms with E-state index in [9.17, 15) is 4.79 Å². The summed E-state index contributed by atoms with van der Waals surface area (Å²) in [5.74, 6) is 0.368. The smallest absolute Gasteiger partial charge is 0.244 e. The quantitative estimate of drug-likeness (QED) is 0.449. The first-order chi connectivity index (χ1) is 14.8. The van der Waals surface area contributed by atoms with Gasteiger partial charge >= 0.3 is 0 Å². The molecule has 0 spiro atoms. The zero-order valence-corrected chi connectivity index (χ0v) is 19.1. The van der Waals surface area contributed by atoms with Crippen LogP contribution in [0.1, 0.15) is 55.4 Å². The minimum Gasteiger partial charge on any atom is -0.369 e. The van der Waals surface area contributed by atoms with Gasteiger partial charge in [0.05, 0.1) is 12.6 Å². The Bertz CT molecular complexity index is 1160. The van der Waals surface area contributed by atoms with E-state index < -0.39 is 0 Å². The number of nitrogens with one attached hydrogen (secondary N) is 1. The minimum atomic E-state index is -0.113. The van der Waals surface area contributed by atoms with E-state index in [0.717, 1.165) is 33.9 Å². The second-order valence-electron chi connectivity index (χ2n) is 9.35. The van der Waals surface area contributed by atoms with E-state index in [-0.39, 0.29) is 11.4 Å². The second kappa shape index (κ2) is 8.18. The van der Waals surface area contributed by atoms with Crippen molar-refractivity contribution < 1.29 is 4.79 Å². The number of fused-ring (bicyclic) bond motifs is 2. The van der Waals surface area contributed by atoms with Gasteiger partial charge in [0, 0.05) is 18.3 Å². The van der Waals surface area contributed by atoms with Crippen LogP contribution in [0.25, 0.3) is 10.8 Å². The topological polar surface area (TPSA) is 44.7 Å². The Morgan fingerprint density at radius 3 is 2.74 bits per heavy atom. The molecule has 31 heavy (non-hydrogen) atoms. The summed E-state index contributed by atoms with van der Waals surface area (Å²) in [6, 6.07) is 18.6. The SMILES string of the molecule is Cc1cc2c(cc1/C=N/NC(=O)Cc1cccc3ccccc13)C(C)CC(C)(C)N2C. The number of hydrogen-bond acceptors (Lipinski definition) is 3. The van der Waals surface area contributed by atoms with Crippen LogP contribution in [0.15, 0.2) is 59.7 Å². The number of rotatable bonds is 4. The average molecular weight is 414 g/mol. The van der Waals surface area contributed by atoms with Crippen LogP contribution in [0.4, 0.5) is 5.69 Å². The number of hydrogen-bond donors (Lipinski definition) is 1. The summed E-state index contributed by atoms with van der Waals surface area (Å²) < 4.78 is 0. The van der Waals surface area contributed by atoms with E-state index >= 15 is 0 Å². The molecule has 1 N–H and O–H groups in total. The van der Waals surface area contributed by atoms with E-state index in [2.05, 4.69) is 80.5 Å². The highest BCUT2D eigenvalue weighted by atomic mass is 16.2. The van der Waals surface area contributed by atoms with Gasteiger partial charge < -0.3 is 4.90 Å². The molecule has 0 saturated carbocycles. The Kier molecular flexibility index (Phi) is 5.57. The summed E-state index contributed by atoms with van der Waals surface area (Å²) >= 11 is 0. The number of benzene rings is 3. The van der Waals surface area contributed by atoms with Crippen LogP contribution < -0.4 is 10.3 Å². The van der Waals surface area contributed by atoms with Gasteiger partial charge in [-0.05, 0) is 78.3 Å². The molecule has 0 fully saturated rings. The molecule has 1 amide bonds. The Morgan fingerprint density at radius 2 is 1.94 bits per heavy atom. The van der Waals surface area contributed by atoms with E-state index in [4.69, 9.17) is 0 Å². The molecule has 0 saturated heterocycles. The van der Waals surface area contributed by atoms with Gasteiger partial charge in [0.25, 0.3) is 0 Å². The van der Waals surface area contributed by atoms with Crippen molar-refractivity contribution in [2.75, 3.05) is 11.9 Å². The highest BCUT2D eigenvalue weighted by Gasteiger charge is 2.34. The van der Waals surface area contributed by atoms with Gasteiger partial charge in [-0.15, -0.1) is 0 Å². The maximum absolute atomic E-state index is 12.5. The summed E-state index contributed by atoms with van der Waals surface area (Å²) in [6.45, 7) is 8.97. The molecule has 160 valence electrons. The van der Waals surface area contributed by atoms with E-state index in [1.165, 1.54) is 11.3 Å². The first-order valence-electron chi connectivity index (χ1n) is 10.9. The highest BCUT2D eigenvalue weighted by molar-refractivity contribution is 5.91. The lowest BCUT2D eigenvalue weighted by Gasteiger charge is -2.45. The van der Waals surface area contributed by atoms with E-state index in [0.29, 0.717) is 12.3 Å². The summed E-state index contributed by atoms with van der Waals surface area (Å²) in [4.78, 5) is 14.9. The number of carbonyl (C=O) groups is 1. The molecule has 4 rings (SSSR count). The monoisotopic (exact) mass is 413 g/mol. The van der Waals surface area contributed by atoms with Gasteiger partial charge in [-0.3, -0.25) is 4.79 Å². The van der Waals surface area contributed by atoms with Crippen molar-refractivity contribution in [3.8, 4) is 0 Å². The van der Waals surface area contributed by atoms with Crippen molar-refractivity contribution in [2.45, 2.75) is 52.0 Å². The molecule has 1 unspecified atom stereocenters. The number of hydrazone groups is 1. The van der Waals surface area contributed by atoms with Crippen molar-refractivity contribution in [1.82, 2.24) is 5.43 Å². The standard InChI is InChI=1S/C27H31N3O/c1-18-13-25-24(19(2)16-27(3,4)30(25)5)14-22(18)17-28-29-26(31)15-21-11-8-10-20-9-6-7-12-23(20)21/h6-14,17,19H,15-16H2,1-5H3,(H,29,31)/b28-17+. The van der Waals surface area contributed by atoms with Crippen LogP contribution in [0, 0.1) is 6.92 Å². The molecule has 0 aromatic heterocycles. The molecule has 1 atom stereocenters. The summed E-state index contributed by atoms with van der Waals surface area (Å²) in [6.07, 6.45) is 3.18. The second-order valence-corrected chi connectivity index (χ2v) is 9.35. The van der Waals surface area contributed by atoms with Crippen LogP contribution in [0.2, 0.25) is 0 Å². The Labute approximate surface area is 185 Å². The molecule has 1 aliphatic rings. The van der Waals surface area contributed by atoms with Crippen molar-refractivity contribution in [3.63, 3.8) is 0 Å². The Balaban J connectivity index is 1.49. The third-order valence-electron chi connectivity index (χ3n) is 6.65. The zero-order chi connectivity index (χ0) is 22.2. The van der Waals surface area contributed by atoms with Gasteiger partial charge in [0.15, 0.2) is 0 Å². The number of amides is 1. The van der Waals surface area contributed by atoms with Crippen LogP contribution in [0.5, 0.6) is 0 Å². The molecule has 4 nitrogen and oxygen atoms in total. The highest BCUT2D eigenvalue weighted by Crippen LogP contribution is 2.43. The van der Waals surface area contributed by atoms with E-state index in [1.807, 2.05) is 24.3 Å². The molecule has 0 bridgehead atoms. The maximum atomic E-state index is 12.5. The molecular formula is C27H31N3O. The molecule has 0 aliphatic carbocycles. The van der Waals surface area contributed by atoms with Gasteiger partial charge in [0.2, 0.25) is 5.91 Å². The van der Waals surface area contributed by atoms with Gasteiger partial charge in [-0.2, -0.15) is 5.10 Å². The van der Waals surface area contributed by atoms with Gasteiger partial charge in [-0.25, -0.2) is 5.43 Å². The molecular weight excluding hydrogens is 382 g/mol. The molecule has 3 aromatic rings. The Hall–Kier alpha value is -3.14. The van der Waals surface area contributed by atoms with Crippen molar-refractivity contribution in [3.05, 3.63) is 76.9 Å². The largest absolute Gasteiger partial charge is 0.369 e. The fourth-order valence-electron chi connectivity index (χ4n) is 4.71. The van der Waals surface area contributed by atoms with Crippen LogP contribution >= 0.6 is 0 Å². The third-order valence-corrected chi connectivity index (χ3v) is 6.65. The number of nitrogens with zero attached hydrogens (tertiary/aromatic N) is 2. The predicted octanol–water partition coefficient (Wildman–Crippen LogP) is 5.56. The van der Waals surface area contributed by atoms with Crippen molar-refractivity contribution >= 4 is 28.6 Å². The first-order valence-corrected chi connectivity index (χ1v) is 10.9. The average Bonchev–Trinajstić information content (AvgIpc) is 2.73. The molecule has 1 heterocycles. The zero-order valence-electron chi connectivity index (χ0n) is 19.1. The maximum Gasteiger partial charge on any atom is 0.244 e. The number of anilines is 1. The molecule has 4 heteroatoms. The Morgan fingerprint density at radius 1 is 1.19 bits per heavy atom. The van der Waals surface area contributed by atoms with Crippen LogP contribution in [-0.2, 0) is 11.2 Å². The summed E-state index contributed by atoms with van der Waals surface area (Å²) in [7, 11) is 2.17. The van der Waals surface area contributed by atoms with Crippen LogP contribution in [0.3, 0.4) is 0 Å². The third kappa shape index (κ3) is 4.20. The lowest BCUT2D eigenvalue weighted by Crippen LogP contribution is -2.45. The van der Waals surface area contributed by atoms with Crippen molar-refractivity contribution in [1.29, 1.82) is 0 Å². The van der Waals surface area contributed by atoms with Gasteiger partial charge in [0.1, 0.15) is 0 Å². The van der Waals surface area contributed by atoms with E-state index in [1.54, 1.807) is 6.21 Å². The van der Waals surface area contributed by atoms with Crippen molar-refractivity contribution in [2.24, 2.45) is 5.10 Å². The normalized spacial score (nSPS) is 17.7. The predicted molar refractivity (Wildman–Crippen MR) is 130 cm³/mol. The lowest BCUT2D eigenvalue weighted by molar-refractivity contribution is -0.120. The minimum absolute atomic E-state index is 0.113. The fourth-order valence-corrected chi connectivity index (χ4v) is 4.71. The molecule has 1 aliphatic heterocycles. The number of aryl methyl sites for hydroxylation is 1. The molecule has 3 aromatic carbocycles. The van der Waals surface area contributed by atoms with Crippen LogP contribution in [-0.4, -0.2) is 24.7 Å².